The number of rotatable bonds is 3. The van der Waals surface area contributed by atoms with Gasteiger partial charge in [0.1, 0.15) is 18.4 Å². The Kier molecular flexibility index (Phi) is 3.43. The number of aromatic nitrogens is 5. The number of aromatic amines is 1. The number of H-pyrrole nitrogens is 1. The Morgan fingerprint density at radius 3 is 2.96 bits per heavy atom. The van der Waals surface area contributed by atoms with Crippen molar-refractivity contribution in [2.45, 2.75) is 19.5 Å². The van der Waals surface area contributed by atoms with Gasteiger partial charge in [-0.25, -0.2) is 19.9 Å². The van der Waals surface area contributed by atoms with Crippen LogP contribution in [0.2, 0.25) is 0 Å². The van der Waals surface area contributed by atoms with Crippen LogP contribution in [0.4, 0.5) is 0 Å². The van der Waals surface area contributed by atoms with Crippen LogP contribution in [-0.4, -0.2) is 36.4 Å². The summed E-state index contributed by atoms with van der Waals surface area (Å²) in [4.78, 5) is 34.0. The van der Waals surface area contributed by atoms with Crippen molar-refractivity contribution in [3.05, 3.63) is 58.7 Å². The number of hydrogen-bond acceptors (Lipinski definition) is 7. The van der Waals surface area contributed by atoms with Crippen molar-refractivity contribution < 1.29 is 4.42 Å². The number of hydrogen-bond donors (Lipinski definition) is 1. The van der Waals surface area contributed by atoms with Gasteiger partial charge in [-0.15, -0.1) is 0 Å². The first-order valence-electron chi connectivity index (χ1n) is 7.28. The Morgan fingerprint density at radius 1 is 1.30 bits per heavy atom. The Balaban J connectivity index is 1.62. The minimum atomic E-state index is -0.119. The van der Waals surface area contributed by atoms with Crippen LogP contribution in [-0.2, 0) is 19.5 Å². The van der Waals surface area contributed by atoms with E-state index in [1.165, 1.54) is 6.33 Å². The lowest BCUT2D eigenvalue weighted by Gasteiger charge is -2.26. The van der Waals surface area contributed by atoms with Crippen molar-refractivity contribution >= 4 is 0 Å². The molecule has 3 aromatic heterocycles. The Morgan fingerprint density at radius 2 is 2.17 bits per heavy atom. The first-order valence-corrected chi connectivity index (χ1v) is 7.28. The summed E-state index contributed by atoms with van der Waals surface area (Å²) in [5, 5.41) is 0. The number of nitrogens with one attached hydrogen (secondary N) is 1. The molecule has 8 nitrogen and oxygen atoms in total. The van der Waals surface area contributed by atoms with Gasteiger partial charge in [0.2, 0.25) is 5.89 Å². The van der Waals surface area contributed by atoms with Crippen molar-refractivity contribution in [3.8, 4) is 11.4 Å². The molecule has 3 aromatic rings. The van der Waals surface area contributed by atoms with Gasteiger partial charge in [-0.1, -0.05) is 0 Å². The number of fused-ring (bicyclic) bond motifs is 1. The molecule has 23 heavy (non-hydrogen) atoms. The lowest BCUT2D eigenvalue weighted by atomic mass is 10.1. The monoisotopic (exact) mass is 310 g/mol. The summed E-state index contributed by atoms with van der Waals surface area (Å²) in [7, 11) is 0. The largest absolute Gasteiger partial charge is 0.448 e. The lowest BCUT2D eigenvalue weighted by Crippen LogP contribution is -2.35. The molecule has 0 spiro atoms. The first-order chi connectivity index (χ1) is 11.3. The molecule has 0 saturated heterocycles. The molecule has 0 bridgehead atoms. The molecule has 0 amide bonds. The zero-order valence-electron chi connectivity index (χ0n) is 12.3. The molecular weight excluding hydrogens is 296 g/mol. The zero-order valence-corrected chi connectivity index (χ0v) is 12.3. The topological polar surface area (TPSA) is 101 Å². The van der Waals surface area contributed by atoms with Gasteiger partial charge in [0, 0.05) is 31.9 Å². The molecule has 0 radical (unpaired) electrons. The van der Waals surface area contributed by atoms with Gasteiger partial charge in [0.15, 0.2) is 0 Å². The summed E-state index contributed by atoms with van der Waals surface area (Å²) in [5.74, 6) is 1.16. The fourth-order valence-electron chi connectivity index (χ4n) is 2.70. The smallest absolute Gasteiger partial charge is 0.255 e. The van der Waals surface area contributed by atoms with Gasteiger partial charge in [-0.3, -0.25) is 9.69 Å². The molecule has 0 aliphatic carbocycles. The first kappa shape index (κ1) is 13.8. The summed E-state index contributed by atoms with van der Waals surface area (Å²) in [6, 6.07) is 0. The number of oxazole rings is 1. The average Bonchev–Trinajstić information content (AvgIpc) is 3.09. The molecule has 0 unspecified atom stereocenters. The molecule has 8 heteroatoms. The van der Waals surface area contributed by atoms with Gasteiger partial charge in [0.25, 0.3) is 5.56 Å². The maximum Gasteiger partial charge on any atom is 0.255 e. The molecule has 1 N–H and O–H groups in total. The van der Waals surface area contributed by atoms with Crippen LogP contribution in [0.3, 0.4) is 0 Å². The predicted octanol–water partition coefficient (Wildman–Crippen LogP) is 0.773. The Hall–Kier alpha value is -2.87. The lowest BCUT2D eigenvalue weighted by molar-refractivity contribution is 0.218. The molecule has 0 fully saturated rings. The van der Waals surface area contributed by atoms with E-state index in [4.69, 9.17) is 4.42 Å². The third kappa shape index (κ3) is 2.76. The van der Waals surface area contributed by atoms with E-state index >= 15 is 0 Å². The molecule has 116 valence electrons. The van der Waals surface area contributed by atoms with E-state index in [2.05, 4.69) is 29.8 Å². The molecular formula is C15H14N6O2. The van der Waals surface area contributed by atoms with Crippen molar-refractivity contribution in [3.63, 3.8) is 0 Å². The summed E-state index contributed by atoms with van der Waals surface area (Å²) in [6.07, 6.45) is 8.59. The van der Waals surface area contributed by atoms with Crippen molar-refractivity contribution in [1.82, 2.24) is 29.8 Å². The third-order valence-corrected chi connectivity index (χ3v) is 3.82. The zero-order chi connectivity index (χ0) is 15.6. The highest BCUT2D eigenvalue weighted by Gasteiger charge is 2.22. The normalized spacial score (nSPS) is 14.6. The predicted molar refractivity (Wildman–Crippen MR) is 80.2 cm³/mol. The highest BCUT2D eigenvalue weighted by molar-refractivity contribution is 5.52. The minimum Gasteiger partial charge on any atom is -0.448 e. The quantitative estimate of drug-likeness (QED) is 0.762. The maximum absolute atomic E-state index is 12.4. The van der Waals surface area contributed by atoms with Crippen molar-refractivity contribution in [2.75, 3.05) is 6.54 Å². The molecule has 0 atom stereocenters. The number of nitrogens with zero attached hydrogens (tertiary/aromatic N) is 5. The van der Waals surface area contributed by atoms with Gasteiger partial charge >= 0.3 is 0 Å². The standard InChI is InChI=1S/C15H14N6O2/c22-15-11-7-21(8-13-18-2-4-23-13)3-1-12(11)19-14(20-15)10-5-16-9-17-6-10/h2,4-6,9H,1,3,7-8H2,(H,19,20,22). The van der Waals surface area contributed by atoms with E-state index in [1.54, 1.807) is 24.9 Å². The van der Waals surface area contributed by atoms with Crippen LogP contribution in [0, 0.1) is 0 Å². The SMILES string of the molecule is O=c1[nH]c(-c2cncnc2)nc2c1CN(Cc1ncco1)CC2. The van der Waals surface area contributed by atoms with E-state index in [-0.39, 0.29) is 5.56 Å². The second kappa shape index (κ2) is 5.73. The second-order valence-electron chi connectivity index (χ2n) is 5.35. The van der Waals surface area contributed by atoms with Crippen LogP contribution in [0.25, 0.3) is 11.4 Å². The average molecular weight is 310 g/mol. The second-order valence-corrected chi connectivity index (χ2v) is 5.35. The van der Waals surface area contributed by atoms with Crippen LogP contribution in [0.5, 0.6) is 0 Å². The van der Waals surface area contributed by atoms with E-state index in [0.717, 1.165) is 12.2 Å². The van der Waals surface area contributed by atoms with E-state index in [9.17, 15) is 4.79 Å². The summed E-state index contributed by atoms with van der Waals surface area (Å²) in [6.45, 7) is 1.92. The molecule has 4 heterocycles. The molecule has 0 saturated carbocycles. The summed E-state index contributed by atoms with van der Waals surface area (Å²) < 4.78 is 5.26. The maximum atomic E-state index is 12.4. The van der Waals surface area contributed by atoms with Crippen LogP contribution in [0.15, 0.2) is 40.4 Å². The van der Waals surface area contributed by atoms with Gasteiger partial charge in [-0.05, 0) is 0 Å². The van der Waals surface area contributed by atoms with Crippen LogP contribution >= 0.6 is 0 Å². The van der Waals surface area contributed by atoms with Gasteiger partial charge < -0.3 is 9.40 Å². The summed E-state index contributed by atoms with van der Waals surface area (Å²) in [5.41, 5.74) is 2.11. The van der Waals surface area contributed by atoms with E-state index < -0.39 is 0 Å². The molecule has 4 rings (SSSR count). The molecule has 1 aliphatic heterocycles. The van der Waals surface area contributed by atoms with Gasteiger partial charge in [0.05, 0.1) is 29.6 Å². The van der Waals surface area contributed by atoms with Crippen LogP contribution in [0.1, 0.15) is 17.1 Å². The van der Waals surface area contributed by atoms with Gasteiger partial charge in [-0.2, -0.15) is 0 Å². The van der Waals surface area contributed by atoms with Crippen LogP contribution < -0.4 is 5.56 Å². The van der Waals surface area contributed by atoms with E-state index in [1.807, 2.05) is 0 Å². The fraction of sp³-hybridized carbons (Fsp3) is 0.267. The van der Waals surface area contributed by atoms with E-state index in [0.29, 0.717) is 42.4 Å². The summed E-state index contributed by atoms with van der Waals surface area (Å²) >= 11 is 0. The minimum absolute atomic E-state index is 0.119. The third-order valence-electron chi connectivity index (χ3n) is 3.82. The van der Waals surface area contributed by atoms with Crippen molar-refractivity contribution in [2.24, 2.45) is 0 Å². The molecule has 1 aliphatic rings. The molecule has 0 aromatic carbocycles. The Bertz CT molecular complexity index is 859. The highest BCUT2D eigenvalue weighted by Crippen LogP contribution is 2.18. The Labute approximate surface area is 131 Å². The van der Waals surface area contributed by atoms with Crippen molar-refractivity contribution in [1.29, 1.82) is 0 Å². The fourth-order valence-corrected chi connectivity index (χ4v) is 2.70. The highest BCUT2D eigenvalue weighted by atomic mass is 16.3.